The molecule has 1 fully saturated rings. The molecule has 0 spiro atoms. The van der Waals surface area contributed by atoms with Crippen LogP contribution in [0.15, 0.2) is 48.5 Å². The minimum absolute atomic E-state index is 0.619. The van der Waals surface area contributed by atoms with Gasteiger partial charge in [0.2, 0.25) is 0 Å². The molecule has 2 aromatic carbocycles. The smallest absolute Gasteiger partial charge is 0.0443 e. The van der Waals surface area contributed by atoms with Crippen LogP contribution in [0.4, 0.5) is 11.4 Å². The summed E-state index contributed by atoms with van der Waals surface area (Å²) in [7, 11) is 0. The van der Waals surface area contributed by atoms with E-state index in [0.29, 0.717) is 6.04 Å². The lowest BCUT2D eigenvalue weighted by molar-refractivity contribution is 0.517. The van der Waals surface area contributed by atoms with Crippen LogP contribution in [0.25, 0.3) is 0 Å². The number of hydrogen-bond acceptors (Lipinski definition) is 1. The number of nitrogens with zero attached hydrogens (tertiary/aromatic N) is 1. The molecule has 3 rings (SSSR count). The average Bonchev–Trinajstić information content (AvgIpc) is 2.89. The molecule has 2 unspecified atom stereocenters. The Kier molecular flexibility index (Phi) is 4.01. The minimum atomic E-state index is 0.619. The maximum absolute atomic E-state index is 2.58. The average molecular weight is 279 g/mol. The zero-order valence-corrected chi connectivity index (χ0v) is 13.3. The van der Waals surface area contributed by atoms with Crippen LogP contribution in [0.1, 0.15) is 37.3 Å². The highest BCUT2D eigenvalue weighted by Crippen LogP contribution is 2.39. The quantitative estimate of drug-likeness (QED) is 0.703. The van der Waals surface area contributed by atoms with Gasteiger partial charge in [-0.05, 0) is 56.4 Å². The summed E-state index contributed by atoms with van der Waals surface area (Å²) < 4.78 is 0. The number of hydrogen-bond donors (Lipinski definition) is 0. The van der Waals surface area contributed by atoms with Crippen molar-refractivity contribution < 1.29 is 0 Å². The molecule has 1 heteroatoms. The Balaban J connectivity index is 2.07. The predicted molar refractivity (Wildman–Crippen MR) is 91.3 cm³/mol. The van der Waals surface area contributed by atoms with Crippen molar-refractivity contribution in [3.63, 3.8) is 0 Å². The van der Waals surface area contributed by atoms with Gasteiger partial charge in [-0.15, -0.1) is 0 Å². The third kappa shape index (κ3) is 2.83. The van der Waals surface area contributed by atoms with E-state index in [1.54, 1.807) is 0 Å². The Morgan fingerprint density at radius 1 is 0.952 bits per heavy atom. The van der Waals surface area contributed by atoms with Crippen molar-refractivity contribution in [2.75, 3.05) is 4.90 Å². The fraction of sp³-hybridized carbons (Fsp3) is 0.400. The molecule has 0 N–H and O–H groups in total. The molecular weight excluding hydrogens is 254 g/mol. The van der Waals surface area contributed by atoms with Gasteiger partial charge >= 0.3 is 0 Å². The molecule has 1 nitrogen and oxygen atoms in total. The van der Waals surface area contributed by atoms with Crippen LogP contribution in [0.3, 0.4) is 0 Å². The van der Waals surface area contributed by atoms with Crippen LogP contribution < -0.4 is 4.90 Å². The molecule has 0 aliphatic heterocycles. The highest BCUT2D eigenvalue weighted by molar-refractivity contribution is 5.67. The first-order valence-electron chi connectivity index (χ1n) is 8.08. The number of para-hydroxylation sites is 1. The molecular formula is C20H25N. The van der Waals surface area contributed by atoms with Crippen LogP contribution >= 0.6 is 0 Å². The van der Waals surface area contributed by atoms with Crippen molar-refractivity contribution in [2.45, 2.75) is 46.1 Å². The fourth-order valence-corrected chi connectivity index (χ4v) is 3.68. The number of aryl methyl sites for hydroxylation is 2. The molecule has 1 saturated carbocycles. The Hall–Kier alpha value is -1.76. The highest BCUT2D eigenvalue weighted by Gasteiger charge is 2.30. The third-order valence-electron chi connectivity index (χ3n) is 4.79. The van der Waals surface area contributed by atoms with Gasteiger partial charge in [0.1, 0.15) is 0 Å². The Bertz CT molecular complexity index is 602. The standard InChI is InChI=1S/C20H25N/c1-15-12-13-20(17(3)14-15)21(18-9-5-4-6-10-18)19-11-7-8-16(19)2/h4-6,9-10,12-14,16,19H,7-8,11H2,1-3H3. The molecule has 0 amide bonds. The van der Waals surface area contributed by atoms with Crippen LogP contribution in [0, 0.1) is 19.8 Å². The number of benzene rings is 2. The zero-order valence-electron chi connectivity index (χ0n) is 13.3. The maximum Gasteiger partial charge on any atom is 0.0443 e. The Morgan fingerprint density at radius 2 is 1.71 bits per heavy atom. The first-order chi connectivity index (χ1) is 10.2. The van der Waals surface area contributed by atoms with Crippen molar-refractivity contribution in [1.29, 1.82) is 0 Å². The lowest BCUT2D eigenvalue weighted by atomic mass is 10.0. The normalized spacial score (nSPS) is 21.5. The van der Waals surface area contributed by atoms with Gasteiger partial charge in [0.25, 0.3) is 0 Å². The van der Waals surface area contributed by atoms with Crippen molar-refractivity contribution >= 4 is 11.4 Å². The lowest BCUT2D eigenvalue weighted by Gasteiger charge is -2.35. The summed E-state index contributed by atoms with van der Waals surface area (Å²) in [6.45, 7) is 6.80. The minimum Gasteiger partial charge on any atom is -0.338 e. The summed E-state index contributed by atoms with van der Waals surface area (Å²) in [5.41, 5.74) is 5.40. The summed E-state index contributed by atoms with van der Waals surface area (Å²) in [5.74, 6) is 0.755. The molecule has 0 aromatic heterocycles. The zero-order chi connectivity index (χ0) is 14.8. The van der Waals surface area contributed by atoms with Crippen LogP contribution in [0.2, 0.25) is 0 Å². The van der Waals surface area contributed by atoms with E-state index in [0.717, 1.165) is 5.92 Å². The molecule has 0 heterocycles. The van der Waals surface area contributed by atoms with Gasteiger partial charge in [0, 0.05) is 17.4 Å². The summed E-state index contributed by atoms with van der Waals surface area (Å²) in [5, 5.41) is 0. The van der Waals surface area contributed by atoms with Crippen LogP contribution in [0.5, 0.6) is 0 Å². The number of rotatable bonds is 3. The molecule has 0 saturated heterocycles. The van der Waals surface area contributed by atoms with Crippen LogP contribution in [-0.4, -0.2) is 6.04 Å². The van der Waals surface area contributed by atoms with E-state index in [1.807, 2.05) is 0 Å². The lowest BCUT2D eigenvalue weighted by Crippen LogP contribution is -2.33. The van der Waals surface area contributed by atoms with Gasteiger partial charge in [0.15, 0.2) is 0 Å². The van der Waals surface area contributed by atoms with Crippen molar-refractivity contribution in [3.05, 3.63) is 59.7 Å². The SMILES string of the molecule is Cc1ccc(N(c2ccccc2)C2CCCC2C)c(C)c1. The highest BCUT2D eigenvalue weighted by atomic mass is 15.2. The van der Waals surface area contributed by atoms with E-state index < -0.39 is 0 Å². The predicted octanol–water partition coefficient (Wildman–Crippen LogP) is 5.63. The van der Waals surface area contributed by atoms with E-state index >= 15 is 0 Å². The largest absolute Gasteiger partial charge is 0.338 e. The summed E-state index contributed by atoms with van der Waals surface area (Å²) >= 11 is 0. The van der Waals surface area contributed by atoms with Crippen molar-refractivity contribution in [2.24, 2.45) is 5.92 Å². The summed E-state index contributed by atoms with van der Waals surface area (Å²) in [4.78, 5) is 2.58. The second-order valence-corrected chi connectivity index (χ2v) is 6.47. The molecule has 2 aromatic rings. The molecule has 0 radical (unpaired) electrons. The van der Waals surface area contributed by atoms with E-state index in [-0.39, 0.29) is 0 Å². The molecule has 1 aliphatic carbocycles. The van der Waals surface area contributed by atoms with E-state index in [1.165, 1.54) is 41.8 Å². The monoisotopic (exact) mass is 279 g/mol. The first-order valence-corrected chi connectivity index (χ1v) is 8.08. The first kappa shape index (κ1) is 14.2. The van der Waals surface area contributed by atoms with Gasteiger partial charge in [-0.1, -0.05) is 49.2 Å². The van der Waals surface area contributed by atoms with Crippen LogP contribution in [-0.2, 0) is 0 Å². The summed E-state index contributed by atoms with van der Waals surface area (Å²) in [6, 6.07) is 18.3. The molecule has 1 aliphatic rings. The molecule has 2 atom stereocenters. The third-order valence-corrected chi connectivity index (χ3v) is 4.79. The van der Waals surface area contributed by atoms with Crippen molar-refractivity contribution in [3.8, 4) is 0 Å². The van der Waals surface area contributed by atoms with Gasteiger partial charge in [-0.3, -0.25) is 0 Å². The Morgan fingerprint density at radius 3 is 2.33 bits per heavy atom. The fourth-order valence-electron chi connectivity index (χ4n) is 3.68. The van der Waals surface area contributed by atoms with Gasteiger partial charge < -0.3 is 4.90 Å². The van der Waals surface area contributed by atoms with E-state index in [4.69, 9.17) is 0 Å². The molecule has 110 valence electrons. The van der Waals surface area contributed by atoms with Gasteiger partial charge in [-0.2, -0.15) is 0 Å². The molecule has 0 bridgehead atoms. The number of anilines is 2. The summed E-state index contributed by atoms with van der Waals surface area (Å²) in [6.07, 6.45) is 3.99. The second-order valence-electron chi connectivity index (χ2n) is 6.47. The van der Waals surface area contributed by atoms with E-state index in [2.05, 4.69) is 74.2 Å². The second kappa shape index (κ2) is 5.93. The van der Waals surface area contributed by atoms with Gasteiger partial charge in [-0.25, -0.2) is 0 Å². The maximum atomic E-state index is 2.58. The van der Waals surface area contributed by atoms with Gasteiger partial charge in [0.05, 0.1) is 0 Å². The topological polar surface area (TPSA) is 3.24 Å². The Labute approximate surface area is 128 Å². The van der Waals surface area contributed by atoms with Crippen molar-refractivity contribution in [1.82, 2.24) is 0 Å². The van der Waals surface area contributed by atoms with E-state index in [9.17, 15) is 0 Å². The molecule has 21 heavy (non-hydrogen) atoms.